The summed E-state index contributed by atoms with van der Waals surface area (Å²) in [6.07, 6.45) is 4.68. The number of nitrogens with one attached hydrogen (secondary N) is 2. The molecule has 2 rings (SSSR count). The van der Waals surface area contributed by atoms with Crippen LogP contribution in [0.15, 0.2) is 24.3 Å². The monoisotopic (exact) mass is 262 g/mol. The Morgan fingerprint density at radius 1 is 1.26 bits per heavy atom. The largest absolute Gasteiger partial charge is 0.497 e. The van der Waals surface area contributed by atoms with Crippen molar-refractivity contribution in [3.63, 3.8) is 0 Å². The number of carbonyl (C=O) groups excluding carboxylic acids is 1. The lowest BCUT2D eigenvalue weighted by Gasteiger charge is -2.18. The van der Waals surface area contributed by atoms with E-state index in [1.807, 2.05) is 31.2 Å². The standard InChI is InChI=1S/C15H22N2O2/c1-11(15(18)17-12-5-3-4-6-12)16-13-7-9-14(19-2)10-8-13/h7-12,16H,3-6H2,1-2H3,(H,17,18)/t11-/m1/s1. The van der Waals surface area contributed by atoms with E-state index in [0.717, 1.165) is 24.3 Å². The second kappa shape index (κ2) is 6.45. The summed E-state index contributed by atoms with van der Waals surface area (Å²) in [4.78, 5) is 12.0. The number of anilines is 1. The fourth-order valence-electron chi connectivity index (χ4n) is 2.40. The van der Waals surface area contributed by atoms with Gasteiger partial charge in [-0.25, -0.2) is 0 Å². The Kier molecular flexibility index (Phi) is 4.66. The molecule has 0 saturated heterocycles. The van der Waals surface area contributed by atoms with Crippen molar-refractivity contribution in [3.8, 4) is 5.75 Å². The van der Waals surface area contributed by atoms with Gasteiger partial charge in [-0.15, -0.1) is 0 Å². The maximum atomic E-state index is 12.0. The average Bonchev–Trinajstić information content (AvgIpc) is 2.92. The van der Waals surface area contributed by atoms with Gasteiger partial charge in [-0.05, 0) is 44.0 Å². The number of methoxy groups -OCH3 is 1. The van der Waals surface area contributed by atoms with Gasteiger partial charge in [0.1, 0.15) is 11.8 Å². The zero-order chi connectivity index (χ0) is 13.7. The van der Waals surface area contributed by atoms with Crippen LogP contribution in [0.5, 0.6) is 5.75 Å². The number of rotatable bonds is 5. The van der Waals surface area contributed by atoms with Crippen LogP contribution in [0.1, 0.15) is 32.6 Å². The maximum absolute atomic E-state index is 12.0. The summed E-state index contributed by atoms with van der Waals surface area (Å²) < 4.78 is 5.10. The van der Waals surface area contributed by atoms with Gasteiger partial charge < -0.3 is 15.4 Å². The lowest BCUT2D eigenvalue weighted by molar-refractivity contribution is -0.122. The van der Waals surface area contributed by atoms with Crippen LogP contribution >= 0.6 is 0 Å². The van der Waals surface area contributed by atoms with E-state index in [1.54, 1.807) is 7.11 Å². The van der Waals surface area contributed by atoms with Crippen molar-refractivity contribution in [1.29, 1.82) is 0 Å². The molecule has 1 aromatic rings. The van der Waals surface area contributed by atoms with Crippen molar-refractivity contribution < 1.29 is 9.53 Å². The number of ether oxygens (including phenoxy) is 1. The minimum Gasteiger partial charge on any atom is -0.497 e. The Labute approximate surface area is 114 Å². The first-order valence-corrected chi connectivity index (χ1v) is 6.90. The molecule has 2 N–H and O–H groups in total. The van der Waals surface area contributed by atoms with Crippen molar-refractivity contribution in [2.24, 2.45) is 0 Å². The van der Waals surface area contributed by atoms with E-state index in [1.165, 1.54) is 12.8 Å². The lowest BCUT2D eigenvalue weighted by atomic mass is 10.2. The smallest absolute Gasteiger partial charge is 0.242 e. The second-order valence-corrected chi connectivity index (χ2v) is 5.08. The summed E-state index contributed by atoms with van der Waals surface area (Å²) in [6.45, 7) is 1.88. The van der Waals surface area contributed by atoms with E-state index in [-0.39, 0.29) is 11.9 Å². The summed E-state index contributed by atoms with van der Waals surface area (Å²) in [5.41, 5.74) is 0.926. The van der Waals surface area contributed by atoms with Crippen LogP contribution in [-0.2, 0) is 4.79 Å². The molecule has 0 heterocycles. The Bertz CT molecular complexity index is 411. The molecule has 4 nitrogen and oxygen atoms in total. The second-order valence-electron chi connectivity index (χ2n) is 5.08. The van der Waals surface area contributed by atoms with E-state index >= 15 is 0 Å². The first-order chi connectivity index (χ1) is 9.19. The third-order valence-electron chi connectivity index (χ3n) is 3.57. The predicted molar refractivity (Wildman–Crippen MR) is 76.5 cm³/mol. The highest BCUT2D eigenvalue weighted by Crippen LogP contribution is 2.18. The molecule has 1 amide bonds. The van der Waals surface area contributed by atoms with Gasteiger partial charge in [0, 0.05) is 11.7 Å². The quantitative estimate of drug-likeness (QED) is 0.857. The Morgan fingerprint density at radius 2 is 1.89 bits per heavy atom. The van der Waals surface area contributed by atoms with E-state index < -0.39 is 0 Å². The van der Waals surface area contributed by atoms with Crippen molar-refractivity contribution in [3.05, 3.63) is 24.3 Å². The molecule has 19 heavy (non-hydrogen) atoms. The molecule has 0 aromatic heterocycles. The van der Waals surface area contributed by atoms with Crippen LogP contribution in [0.2, 0.25) is 0 Å². The van der Waals surface area contributed by atoms with Crippen molar-refractivity contribution in [2.45, 2.75) is 44.7 Å². The van der Waals surface area contributed by atoms with Gasteiger partial charge in [-0.2, -0.15) is 0 Å². The summed E-state index contributed by atoms with van der Waals surface area (Å²) in [5, 5.41) is 6.29. The Morgan fingerprint density at radius 3 is 2.47 bits per heavy atom. The summed E-state index contributed by atoms with van der Waals surface area (Å²) in [7, 11) is 1.64. The molecule has 1 saturated carbocycles. The first-order valence-electron chi connectivity index (χ1n) is 6.90. The molecule has 0 unspecified atom stereocenters. The maximum Gasteiger partial charge on any atom is 0.242 e. The van der Waals surface area contributed by atoms with Gasteiger partial charge in [-0.3, -0.25) is 4.79 Å². The SMILES string of the molecule is COc1ccc(N[C@H](C)C(=O)NC2CCCC2)cc1. The van der Waals surface area contributed by atoms with Crippen molar-refractivity contribution in [1.82, 2.24) is 5.32 Å². The topological polar surface area (TPSA) is 50.4 Å². The Balaban J connectivity index is 1.84. The van der Waals surface area contributed by atoms with Gasteiger partial charge in [0.15, 0.2) is 0 Å². The zero-order valence-corrected chi connectivity index (χ0v) is 11.6. The minimum absolute atomic E-state index is 0.0720. The number of carbonyl (C=O) groups is 1. The van der Waals surface area contributed by atoms with Crippen LogP contribution in [0, 0.1) is 0 Å². The zero-order valence-electron chi connectivity index (χ0n) is 11.6. The highest BCUT2D eigenvalue weighted by atomic mass is 16.5. The van der Waals surface area contributed by atoms with Crippen LogP contribution in [0.25, 0.3) is 0 Å². The molecular formula is C15H22N2O2. The summed E-state index contributed by atoms with van der Waals surface area (Å²) >= 11 is 0. The van der Waals surface area contributed by atoms with Gasteiger partial charge in [-0.1, -0.05) is 12.8 Å². The fraction of sp³-hybridized carbons (Fsp3) is 0.533. The van der Waals surface area contributed by atoms with Crippen LogP contribution in [0.4, 0.5) is 5.69 Å². The van der Waals surface area contributed by atoms with Crippen molar-refractivity contribution in [2.75, 3.05) is 12.4 Å². The molecule has 1 atom stereocenters. The average molecular weight is 262 g/mol. The van der Waals surface area contributed by atoms with E-state index in [4.69, 9.17) is 4.74 Å². The van der Waals surface area contributed by atoms with Gasteiger partial charge in [0.05, 0.1) is 7.11 Å². The third kappa shape index (κ3) is 3.88. The van der Waals surface area contributed by atoms with E-state index in [9.17, 15) is 4.79 Å². The predicted octanol–water partition coefficient (Wildman–Crippen LogP) is 2.55. The first kappa shape index (κ1) is 13.7. The number of hydrogen-bond donors (Lipinski definition) is 2. The molecule has 1 aromatic carbocycles. The van der Waals surface area contributed by atoms with E-state index in [0.29, 0.717) is 6.04 Å². The Hall–Kier alpha value is -1.71. The molecule has 1 aliphatic rings. The van der Waals surface area contributed by atoms with Gasteiger partial charge >= 0.3 is 0 Å². The molecule has 0 radical (unpaired) electrons. The summed E-state index contributed by atoms with van der Waals surface area (Å²) in [5.74, 6) is 0.885. The van der Waals surface area contributed by atoms with Crippen LogP contribution in [-0.4, -0.2) is 25.1 Å². The molecule has 0 spiro atoms. The van der Waals surface area contributed by atoms with Gasteiger partial charge in [0.2, 0.25) is 5.91 Å². The molecule has 0 bridgehead atoms. The summed E-state index contributed by atoms with van der Waals surface area (Å²) in [6, 6.07) is 7.73. The van der Waals surface area contributed by atoms with E-state index in [2.05, 4.69) is 10.6 Å². The molecule has 1 fully saturated rings. The van der Waals surface area contributed by atoms with Crippen LogP contribution < -0.4 is 15.4 Å². The fourth-order valence-corrected chi connectivity index (χ4v) is 2.40. The molecule has 104 valence electrons. The normalized spacial score (nSPS) is 16.9. The molecular weight excluding hydrogens is 240 g/mol. The van der Waals surface area contributed by atoms with Crippen molar-refractivity contribution >= 4 is 11.6 Å². The number of hydrogen-bond acceptors (Lipinski definition) is 3. The minimum atomic E-state index is -0.228. The highest BCUT2D eigenvalue weighted by Gasteiger charge is 2.20. The van der Waals surface area contributed by atoms with Gasteiger partial charge in [0.25, 0.3) is 0 Å². The number of benzene rings is 1. The highest BCUT2D eigenvalue weighted by molar-refractivity contribution is 5.84. The molecule has 1 aliphatic carbocycles. The number of amides is 1. The lowest BCUT2D eigenvalue weighted by Crippen LogP contribution is -2.42. The third-order valence-corrected chi connectivity index (χ3v) is 3.57. The molecule has 4 heteroatoms. The molecule has 0 aliphatic heterocycles. The van der Waals surface area contributed by atoms with Crippen LogP contribution in [0.3, 0.4) is 0 Å².